The molecule has 0 radical (unpaired) electrons. The number of halogens is 1. The number of hydrogen-bond acceptors (Lipinski definition) is 3. The molecule has 2 atom stereocenters. The van der Waals surface area contributed by atoms with Gasteiger partial charge in [0.05, 0.1) is 10.4 Å². The number of hydrogen-bond donors (Lipinski definition) is 1. The van der Waals surface area contributed by atoms with Gasteiger partial charge in [0.2, 0.25) is 0 Å². The second-order valence-corrected chi connectivity index (χ2v) is 5.65. The molecule has 84 valence electrons. The van der Waals surface area contributed by atoms with E-state index >= 15 is 0 Å². The van der Waals surface area contributed by atoms with Crippen molar-refractivity contribution in [2.24, 2.45) is 0 Å². The van der Waals surface area contributed by atoms with Crippen molar-refractivity contribution in [1.29, 1.82) is 0 Å². The Morgan fingerprint density at radius 1 is 1.67 bits per heavy atom. The first-order valence-electron chi connectivity index (χ1n) is 5.36. The summed E-state index contributed by atoms with van der Waals surface area (Å²) in [6.07, 6.45) is 2.79. The normalized spacial score (nSPS) is 23.2. The molecule has 1 saturated heterocycles. The van der Waals surface area contributed by atoms with Crippen LogP contribution in [0.4, 0.5) is 0 Å². The Morgan fingerprint density at radius 3 is 3.13 bits per heavy atom. The zero-order valence-corrected chi connectivity index (χ0v) is 10.4. The smallest absolute Gasteiger partial charge is 0.0931 e. The summed E-state index contributed by atoms with van der Waals surface area (Å²) < 4.78 is 6.42. The third kappa shape index (κ3) is 3.18. The molecule has 0 saturated carbocycles. The van der Waals surface area contributed by atoms with Crippen LogP contribution in [-0.4, -0.2) is 19.3 Å². The lowest BCUT2D eigenvalue weighted by molar-refractivity contribution is 0.108. The van der Waals surface area contributed by atoms with Crippen LogP contribution >= 0.6 is 22.9 Å². The minimum absolute atomic E-state index is 0.367. The van der Waals surface area contributed by atoms with Crippen LogP contribution in [-0.2, 0) is 4.74 Å². The minimum Gasteiger partial charge on any atom is -0.377 e. The van der Waals surface area contributed by atoms with Crippen molar-refractivity contribution in [3.8, 4) is 0 Å². The lowest BCUT2D eigenvalue weighted by Crippen LogP contribution is -2.28. The lowest BCUT2D eigenvalue weighted by atomic mass is 10.2. The molecule has 2 rings (SSSR count). The molecule has 0 aliphatic carbocycles. The van der Waals surface area contributed by atoms with Crippen molar-refractivity contribution in [1.82, 2.24) is 5.32 Å². The van der Waals surface area contributed by atoms with Gasteiger partial charge < -0.3 is 10.1 Å². The SMILES string of the molecule is C[C@H](NC[C@H]1CCCO1)c1ccc(Cl)s1. The minimum atomic E-state index is 0.367. The van der Waals surface area contributed by atoms with Gasteiger partial charge in [-0.05, 0) is 31.9 Å². The van der Waals surface area contributed by atoms with Crippen LogP contribution in [0.1, 0.15) is 30.7 Å². The van der Waals surface area contributed by atoms with Gasteiger partial charge in [-0.1, -0.05) is 11.6 Å². The van der Waals surface area contributed by atoms with E-state index in [1.165, 1.54) is 17.7 Å². The molecule has 0 spiro atoms. The molecule has 0 unspecified atom stereocenters. The molecule has 1 fully saturated rings. The van der Waals surface area contributed by atoms with E-state index in [4.69, 9.17) is 16.3 Å². The highest BCUT2D eigenvalue weighted by Gasteiger charge is 2.16. The van der Waals surface area contributed by atoms with Gasteiger partial charge in [-0.25, -0.2) is 0 Å². The second kappa shape index (κ2) is 5.30. The Bertz CT molecular complexity index is 309. The first kappa shape index (κ1) is 11.4. The molecule has 1 aliphatic rings. The maximum atomic E-state index is 5.90. The molecule has 4 heteroatoms. The fourth-order valence-corrected chi connectivity index (χ4v) is 2.86. The molecular weight excluding hydrogens is 230 g/mol. The summed E-state index contributed by atoms with van der Waals surface area (Å²) in [7, 11) is 0. The number of thiophene rings is 1. The van der Waals surface area contributed by atoms with Crippen molar-refractivity contribution in [2.45, 2.75) is 31.9 Å². The van der Waals surface area contributed by atoms with Crippen LogP contribution in [0.15, 0.2) is 12.1 Å². The van der Waals surface area contributed by atoms with Gasteiger partial charge in [0.1, 0.15) is 0 Å². The first-order chi connectivity index (χ1) is 7.25. The zero-order chi connectivity index (χ0) is 10.7. The lowest BCUT2D eigenvalue weighted by Gasteiger charge is -2.15. The van der Waals surface area contributed by atoms with Crippen molar-refractivity contribution in [3.05, 3.63) is 21.3 Å². The predicted octanol–water partition coefficient (Wildman–Crippen LogP) is 3.23. The topological polar surface area (TPSA) is 21.3 Å². The van der Waals surface area contributed by atoms with Gasteiger partial charge in [-0.3, -0.25) is 0 Å². The molecule has 1 aromatic heterocycles. The summed E-state index contributed by atoms with van der Waals surface area (Å²) in [4.78, 5) is 1.29. The quantitative estimate of drug-likeness (QED) is 0.880. The molecule has 1 aliphatic heterocycles. The van der Waals surface area contributed by atoms with E-state index in [-0.39, 0.29) is 0 Å². The third-order valence-electron chi connectivity index (χ3n) is 2.70. The summed E-state index contributed by atoms with van der Waals surface area (Å²) in [6, 6.07) is 4.40. The summed E-state index contributed by atoms with van der Waals surface area (Å²) in [5.41, 5.74) is 0. The van der Waals surface area contributed by atoms with E-state index in [1.54, 1.807) is 11.3 Å². The molecule has 0 amide bonds. The fraction of sp³-hybridized carbons (Fsp3) is 0.636. The van der Waals surface area contributed by atoms with Gasteiger partial charge in [-0.2, -0.15) is 0 Å². The average Bonchev–Trinajstić information content (AvgIpc) is 2.84. The predicted molar refractivity (Wildman–Crippen MR) is 64.7 cm³/mol. The Morgan fingerprint density at radius 2 is 2.53 bits per heavy atom. The molecule has 15 heavy (non-hydrogen) atoms. The Balaban J connectivity index is 1.79. The van der Waals surface area contributed by atoms with Crippen LogP contribution in [0.2, 0.25) is 4.34 Å². The molecule has 1 N–H and O–H groups in total. The Hall–Kier alpha value is -0.0900. The molecular formula is C11H16ClNOS. The van der Waals surface area contributed by atoms with Crippen LogP contribution in [0, 0.1) is 0 Å². The average molecular weight is 246 g/mol. The molecule has 2 nitrogen and oxygen atoms in total. The van der Waals surface area contributed by atoms with Crippen LogP contribution in [0.25, 0.3) is 0 Å². The van der Waals surface area contributed by atoms with Crippen LogP contribution in [0.3, 0.4) is 0 Å². The maximum absolute atomic E-state index is 5.90. The van der Waals surface area contributed by atoms with E-state index in [0.29, 0.717) is 12.1 Å². The summed E-state index contributed by atoms with van der Waals surface area (Å²) in [5.74, 6) is 0. The van der Waals surface area contributed by atoms with Crippen molar-refractivity contribution >= 4 is 22.9 Å². The first-order valence-corrected chi connectivity index (χ1v) is 6.55. The zero-order valence-electron chi connectivity index (χ0n) is 8.83. The van der Waals surface area contributed by atoms with E-state index < -0.39 is 0 Å². The van der Waals surface area contributed by atoms with Gasteiger partial charge in [0.15, 0.2) is 0 Å². The van der Waals surface area contributed by atoms with Gasteiger partial charge in [-0.15, -0.1) is 11.3 Å². The monoisotopic (exact) mass is 245 g/mol. The Labute approximate surface area is 99.6 Å². The largest absolute Gasteiger partial charge is 0.377 e. The molecule has 0 aromatic carbocycles. The molecule has 0 bridgehead atoms. The highest BCUT2D eigenvalue weighted by atomic mass is 35.5. The summed E-state index contributed by atoms with van der Waals surface area (Å²) in [5, 5.41) is 3.48. The highest BCUT2D eigenvalue weighted by molar-refractivity contribution is 7.16. The third-order valence-corrected chi connectivity index (χ3v) is 4.11. The molecule has 2 heterocycles. The van der Waals surface area contributed by atoms with Crippen LogP contribution in [0.5, 0.6) is 0 Å². The van der Waals surface area contributed by atoms with E-state index in [1.807, 2.05) is 6.07 Å². The number of ether oxygens (including phenoxy) is 1. The summed E-state index contributed by atoms with van der Waals surface area (Å²) >= 11 is 7.54. The van der Waals surface area contributed by atoms with Gasteiger partial charge in [0.25, 0.3) is 0 Å². The second-order valence-electron chi connectivity index (χ2n) is 3.91. The van der Waals surface area contributed by atoms with Crippen molar-refractivity contribution in [3.63, 3.8) is 0 Å². The van der Waals surface area contributed by atoms with Crippen LogP contribution < -0.4 is 5.32 Å². The van der Waals surface area contributed by atoms with Gasteiger partial charge in [0, 0.05) is 24.1 Å². The Kier molecular flexibility index (Phi) is 4.03. The van der Waals surface area contributed by atoms with E-state index in [2.05, 4.69) is 18.3 Å². The molecule has 1 aromatic rings. The standard InChI is InChI=1S/C11H16ClNOS/c1-8(10-4-5-11(12)15-10)13-7-9-3-2-6-14-9/h4-5,8-9,13H,2-3,6-7H2,1H3/t8-,9+/m0/s1. The van der Waals surface area contributed by atoms with E-state index in [9.17, 15) is 0 Å². The van der Waals surface area contributed by atoms with E-state index in [0.717, 1.165) is 17.5 Å². The van der Waals surface area contributed by atoms with Crippen molar-refractivity contribution in [2.75, 3.05) is 13.2 Å². The highest BCUT2D eigenvalue weighted by Crippen LogP contribution is 2.26. The number of rotatable bonds is 4. The van der Waals surface area contributed by atoms with Crippen molar-refractivity contribution < 1.29 is 4.74 Å². The van der Waals surface area contributed by atoms with Gasteiger partial charge >= 0.3 is 0 Å². The number of nitrogens with one attached hydrogen (secondary N) is 1. The summed E-state index contributed by atoms with van der Waals surface area (Å²) in [6.45, 7) is 4.03. The maximum Gasteiger partial charge on any atom is 0.0931 e. The fourth-order valence-electron chi connectivity index (χ4n) is 1.78.